The highest BCUT2D eigenvalue weighted by Crippen LogP contribution is 2.30. The Balaban J connectivity index is 2.32. The summed E-state index contributed by atoms with van der Waals surface area (Å²) in [6.45, 7) is 0.726. The molecule has 1 aliphatic rings. The minimum absolute atomic E-state index is 0.337. The third-order valence-electron chi connectivity index (χ3n) is 3.13. The van der Waals surface area contributed by atoms with Crippen molar-refractivity contribution in [3.05, 3.63) is 24.0 Å². The van der Waals surface area contributed by atoms with E-state index in [0.29, 0.717) is 11.4 Å². The molecule has 1 aliphatic heterocycles. The van der Waals surface area contributed by atoms with Crippen LogP contribution in [0.1, 0.15) is 19.3 Å². The van der Waals surface area contributed by atoms with Gasteiger partial charge in [-0.05, 0) is 37.5 Å². The predicted octanol–water partition coefficient (Wildman–Crippen LogP) is 1.25. The zero-order valence-corrected chi connectivity index (χ0v) is 9.53. The van der Waals surface area contributed by atoms with Crippen molar-refractivity contribution in [2.45, 2.75) is 25.3 Å². The van der Waals surface area contributed by atoms with Crippen LogP contribution in [0.4, 0.5) is 15.8 Å². The number of anilines is 2. The van der Waals surface area contributed by atoms with Gasteiger partial charge < -0.3 is 16.4 Å². The Morgan fingerprint density at radius 2 is 2.18 bits per heavy atom. The van der Waals surface area contributed by atoms with Gasteiger partial charge in [0.1, 0.15) is 11.9 Å². The Bertz CT molecular complexity index is 436. The Labute approximate surface area is 99.4 Å². The van der Waals surface area contributed by atoms with Crippen LogP contribution < -0.4 is 16.4 Å². The van der Waals surface area contributed by atoms with Crippen LogP contribution in [0, 0.1) is 5.82 Å². The van der Waals surface area contributed by atoms with Gasteiger partial charge in [-0.15, -0.1) is 0 Å². The zero-order valence-electron chi connectivity index (χ0n) is 9.53. The van der Waals surface area contributed by atoms with Crippen molar-refractivity contribution in [2.75, 3.05) is 17.2 Å². The molecule has 5 heteroatoms. The summed E-state index contributed by atoms with van der Waals surface area (Å²) in [6, 6.07) is 3.88. The van der Waals surface area contributed by atoms with Crippen molar-refractivity contribution in [3.63, 3.8) is 0 Å². The maximum atomic E-state index is 13.0. The van der Waals surface area contributed by atoms with Crippen LogP contribution in [0.25, 0.3) is 0 Å². The first-order chi connectivity index (χ1) is 8.09. The molecule has 1 unspecified atom stereocenters. The minimum atomic E-state index is -0.376. The predicted molar refractivity (Wildman–Crippen MR) is 65.0 cm³/mol. The lowest BCUT2D eigenvalue weighted by atomic mass is 10.0. The lowest BCUT2D eigenvalue weighted by Crippen LogP contribution is -2.48. The molecule has 4 nitrogen and oxygen atoms in total. The summed E-state index contributed by atoms with van der Waals surface area (Å²) >= 11 is 0. The molecule has 0 aliphatic carbocycles. The molecule has 1 atom stereocenters. The monoisotopic (exact) mass is 237 g/mol. The van der Waals surface area contributed by atoms with Gasteiger partial charge in [-0.3, -0.25) is 4.79 Å². The van der Waals surface area contributed by atoms with E-state index >= 15 is 0 Å². The van der Waals surface area contributed by atoms with Crippen LogP contribution in [-0.2, 0) is 4.79 Å². The van der Waals surface area contributed by atoms with Crippen LogP contribution >= 0.6 is 0 Å². The second-order valence-corrected chi connectivity index (χ2v) is 4.31. The summed E-state index contributed by atoms with van der Waals surface area (Å²) in [4.78, 5) is 13.3. The highest BCUT2D eigenvalue weighted by Gasteiger charge is 2.28. The number of hydrogen-bond acceptors (Lipinski definition) is 3. The Morgan fingerprint density at radius 3 is 2.82 bits per heavy atom. The van der Waals surface area contributed by atoms with Gasteiger partial charge >= 0.3 is 0 Å². The lowest BCUT2D eigenvalue weighted by Gasteiger charge is -2.36. The van der Waals surface area contributed by atoms with Gasteiger partial charge in [-0.25, -0.2) is 4.39 Å². The molecule has 17 heavy (non-hydrogen) atoms. The van der Waals surface area contributed by atoms with Crippen molar-refractivity contribution < 1.29 is 9.18 Å². The fourth-order valence-corrected chi connectivity index (χ4v) is 2.30. The smallest absolute Gasteiger partial charge is 0.240 e. The van der Waals surface area contributed by atoms with E-state index in [4.69, 9.17) is 11.5 Å². The highest BCUT2D eigenvalue weighted by atomic mass is 19.1. The van der Waals surface area contributed by atoms with E-state index < -0.39 is 0 Å². The van der Waals surface area contributed by atoms with Gasteiger partial charge in [0, 0.05) is 6.54 Å². The number of primary amides is 1. The van der Waals surface area contributed by atoms with Gasteiger partial charge in [0.25, 0.3) is 0 Å². The molecule has 0 saturated carbocycles. The van der Waals surface area contributed by atoms with Crippen LogP contribution in [-0.4, -0.2) is 18.5 Å². The summed E-state index contributed by atoms with van der Waals surface area (Å²) < 4.78 is 13.0. The first-order valence-corrected chi connectivity index (χ1v) is 5.70. The number of piperidine rings is 1. The SMILES string of the molecule is NC(=O)C1CCCCN1c1ccc(F)cc1N. The van der Waals surface area contributed by atoms with Crippen LogP contribution in [0.3, 0.4) is 0 Å². The molecule has 1 aromatic carbocycles. The summed E-state index contributed by atoms with van der Waals surface area (Å²) in [5.74, 6) is -0.729. The molecule has 2 rings (SSSR count). The molecule has 1 heterocycles. The number of carbonyl (C=O) groups excluding carboxylic acids is 1. The number of nitrogen functional groups attached to an aromatic ring is 1. The second-order valence-electron chi connectivity index (χ2n) is 4.31. The first kappa shape index (κ1) is 11.7. The van der Waals surface area contributed by atoms with Crippen LogP contribution in [0.2, 0.25) is 0 Å². The van der Waals surface area contributed by atoms with Crippen molar-refractivity contribution in [2.24, 2.45) is 5.73 Å². The second kappa shape index (κ2) is 4.61. The fraction of sp³-hybridized carbons (Fsp3) is 0.417. The molecule has 1 amide bonds. The average Bonchev–Trinajstić information content (AvgIpc) is 2.29. The Morgan fingerprint density at radius 1 is 1.41 bits per heavy atom. The van der Waals surface area contributed by atoms with E-state index in [0.717, 1.165) is 25.8 Å². The largest absolute Gasteiger partial charge is 0.397 e. The van der Waals surface area contributed by atoms with E-state index in [2.05, 4.69) is 0 Å². The van der Waals surface area contributed by atoms with E-state index in [1.165, 1.54) is 12.1 Å². The molecule has 4 N–H and O–H groups in total. The molecule has 1 fully saturated rings. The molecule has 1 aromatic rings. The third kappa shape index (κ3) is 2.33. The van der Waals surface area contributed by atoms with E-state index in [1.807, 2.05) is 4.90 Å². The number of nitrogens with two attached hydrogens (primary N) is 2. The number of hydrogen-bond donors (Lipinski definition) is 2. The fourth-order valence-electron chi connectivity index (χ4n) is 2.30. The Hall–Kier alpha value is -1.78. The van der Waals surface area contributed by atoms with Crippen molar-refractivity contribution in [3.8, 4) is 0 Å². The topological polar surface area (TPSA) is 72.4 Å². The average molecular weight is 237 g/mol. The first-order valence-electron chi connectivity index (χ1n) is 5.70. The van der Waals surface area contributed by atoms with E-state index in [-0.39, 0.29) is 17.8 Å². The third-order valence-corrected chi connectivity index (χ3v) is 3.13. The number of halogens is 1. The van der Waals surface area contributed by atoms with E-state index in [1.54, 1.807) is 6.07 Å². The van der Waals surface area contributed by atoms with Gasteiger partial charge in [-0.1, -0.05) is 0 Å². The summed E-state index contributed by atoms with van der Waals surface area (Å²) in [7, 11) is 0. The molecule has 92 valence electrons. The van der Waals surface area contributed by atoms with Gasteiger partial charge in [0.2, 0.25) is 5.91 Å². The number of nitrogens with zero attached hydrogens (tertiary/aromatic N) is 1. The van der Waals surface area contributed by atoms with Gasteiger partial charge in [-0.2, -0.15) is 0 Å². The number of amides is 1. The molecule has 0 spiro atoms. The molecule has 0 bridgehead atoms. The normalized spacial score (nSPS) is 20.3. The van der Waals surface area contributed by atoms with E-state index in [9.17, 15) is 9.18 Å². The molecule has 0 radical (unpaired) electrons. The maximum absolute atomic E-state index is 13.0. The number of benzene rings is 1. The summed E-state index contributed by atoms with van der Waals surface area (Å²) in [5.41, 5.74) is 12.2. The van der Waals surface area contributed by atoms with Crippen molar-refractivity contribution in [1.29, 1.82) is 0 Å². The minimum Gasteiger partial charge on any atom is -0.397 e. The van der Waals surface area contributed by atoms with Crippen molar-refractivity contribution in [1.82, 2.24) is 0 Å². The van der Waals surface area contributed by atoms with Gasteiger partial charge in [0.05, 0.1) is 11.4 Å². The quantitative estimate of drug-likeness (QED) is 0.760. The number of carbonyl (C=O) groups is 1. The van der Waals surface area contributed by atoms with Gasteiger partial charge in [0.15, 0.2) is 0 Å². The summed E-state index contributed by atoms with van der Waals surface area (Å²) in [5, 5.41) is 0. The number of rotatable bonds is 2. The molecular weight excluding hydrogens is 221 g/mol. The molecule has 1 saturated heterocycles. The zero-order chi connectivity index (χ0) is 12.4. The molecule has 0 aromatic heterocycles. The van der Waals surface area contributed by atoms with Crippen molar-refractivity contribution >= 4 is 17.3 Å². The molecular formula is C12H16FN3O. The Kier molecular flexibility index (Phi) is 3.17. The maximum Gasteiger partial charge on any atom is 0.240 e. The lowest BCUT2D eigenvalue weighted by molar-refractivity contribution is -0.119. The highest BCUT2D eigenvalue weighted by molar-refractivity contribution is 5.85. The standard InChI is InChI=1S/C12H16FN3O/c13-8-4-5-10(9(14)7-8)16-6-2-1-3-11(16)12(15)17/h4-5,7,11H,1-3,6,14H2,(H2,15,17). The van der Waals surface area contributed by atoms with Crippen LogP contribution in [0.5, 0.6) is 0 Å². The van der Waals surface area contributed by atoms with Crippen LogP contribution in [0.15, 0.2) is 18.2 Å². The summed E-state index contributed by atoms with van der Waals surface area (Å²) in [6.07, 6.45) is 2.69.